The van der Waals surface area contributed by atoms with Gasteiger partial charge in [-0.25, -0.2) is 0 Å². The van der Waals surface area contributed by atoms with Crippen LogP contribution in [0, 0.1) is 0 Å². The Morgan fingerprint density at radius 2 is 0.976 bits per heavy atom. The van der Waals surface area contributed by atoms with Crippen LogP contribution < -0.4 is 23.7 Å². The average Bonchev–Trinajstić information content (AvgIpc) is 3.01. The van der Waals surface area contributed by atoms with E-state index in [0.717, 1.165) is 19.3 Å². The van der Waals surface area contributed by atoms with E-state index in [4.69, 9.17) is 23.7 Å². The molecule has 0 amide bonds. The van der Waals surface area contributed by atoms with E-state index in [-0.39, 0.29) is 17.5 Å². The molecule has 234 valence electrons. The molecule has 0 aliphatic heterocycles. The van der Waals surface area contributed by atoms with Crippen molar-refractivity contribution in [3.05, 3.63) is 41.5 Å². The first-order chi connectivity index (χ1) is 20.5. The van der Waals surface area contributed by atoms with Crippen molar-refractivity contribution in [3.63, 3.8) is 0 Å². The summed E-state index contributed by atoms with van der Waals surface area (Å²) in [6.45, 7) is 2.26. The Bertz CT molecular complexity index is 1050. The minimum absolute atomic E-state index is 0.224. The van der Waals surface area contributed by atoms with Crippen molar-refractivity contribution >= 4 is 11.8 Å². The number of benzene rings is 2. The van der Waals surface area contributed by atoms with Gasteiger partial charge in [0.1, 0.15) is 0 Å². The fourth-order valence-electron chi connectivity index (χ4n) is 5.09. The van der Waals surface area contributed by atoms with Gasteiger partial charge < -0.3 is 23.7 Å². The van der Waals surface area contributed by atoms with Gasteiger partial charge >= 0.3 is 5.97 Å². The minimum Gasteiger partial charge on any atom is -0.493 e. The highest BCUT2D eigenvalue weighted by Gasteiger charge is 2.20. The van der Waals surface area contributed by atoms with Crippen LogP contribution in [0.4, 0.5) is 0 Å². The quantitative estimate of drug-likeness (QED) is 0.0557. The molecule has 0 aliphatic rings. The first kappa shape index (κ1) is 35.0. The molecule has 2 rings (SSSR count). The van der Waals surface area contributed by atoms with Gasteiger partial charge in [-0.3, -0.25) is 9.59 Å². The fourth-order valence-corrected chi connectivity index (χ4v) is 5.09. The molecule has 7 nitrogen and oxygen atoms in total. The number of hydrogen-bond donors (Lipinski definition) is 0. The highest BCUT2D eigenvalue weighted by molar-refractivity contribution is 6.10. The van der Waals surface area contributed by atoms with Crippen molar-refractivity contribution in [2.75, 3.05) is 28.4 Å². The number of unbranched alkanes of at least 4 members (excludes halogenated alkanes) is 14. The van der Waals surface area contributed by atoms with Gasteiger partial charge in [0.05, 0.1) is 28.4 Å². The van der Waals surface area contributed by atoms with Crippen LogP contribution in [0.25, 0.3) is 0 Å². The zero-order valence-electron chi connectivity index (χ0n) is 26.6. The maximum Gasteiger partial charge on any atom is 0.311 e. The van der Waals surface area contributed by atoms with Gasteiger partial charge in [0, 0.05) is 17.5 Å². The summed E-state index contributed by atoms with van der Waals surface area (Å²) in [5, 5.41) is 0. The van der Waals surface area contributed by atoms with Crippen molar-refractivity contribution in [1.29, 1.82) is 0 Å². The molecule has 0 saturated carbocycles. The maximum atomic E-state index is 13.3. The molecular formula is C35H52O7. The molecule has 0 aromatic heterocycles. The zero-order chi connectivity index (χ0) is 30.6. The molecule has 7 heteroatoms. The lowest BCUT2D eigenvalue weighted by Gasteiger charge is -2.14. The minimum atomic E-state index is -0.333. The third-order valence-electron chi connectivity index (χ3n) is 7.56. The maximum absolute atomic E-state index is 13.3. The van der Waals surface area contributed by atoms with E-state index in [0.29, 0.717) is 40.5 Å². The van der Waals surface area contributed by atoms with Crippen LogP contribution in [-0.2, 0) is 4.79 Å². The van der Waals surface area contributed by atoms with E-state index in [1.165, 1.54) is 112 Å². The summed E-state index contributed by atoms with van der Waals surface area (Å²) in [5.41, 5.74) is 0.699. The molecule has 0 radical (unpaired) electrons. The summed E-state index contributed by atoms with van der Waals surface area (Å²) in [4.78, 5) is 25.9. The van der Waals surface area contributed by atoms with Crippen LogP contribution in [0.1, 0.15) is 126 Å². The van der Waals surface area contributed by atoms with Gasteiger partial charge in [0.2, 0.25) is 5.75 Å². The number of carbonyl (C=O) groups is 2. The molecular weight excluding hydrogens is 532 g/mol. The second-order valence-corrected chi connectivity index (χ2v) is 10.8. The SMILES string of the molecule is CCCCCCCCCCCCCCCCCC(=O)Oc1cc(C(=O)c2cc(OC)c(OC)c(OC)c2)ccc1OC. The van der Waals surface area contributed by atoms with Crippen LogP contribution in [-0.4, -0.2) is 40.2 Å². The first-order valence-electron chi connectivity index (χ1n) is 15.7. The zero-order valence-corrected chi connectivity index (χ0v) is 26.6. The Morgan fingerprint density at radius 3 is 1.43 bits per heavy atom. The van der Waals surface area contributed by atoms with Gasteiger partial charge in [-0.05, 0) is 36.8 Å². The summed E-state index contributed by atoms with van der Waals surface area (Å²) >= 11 is 0. The molecule has 0 unspecified atom stereocenters. The van der Waals surface area contributed by atoms with E-state index in [1.54, 1.807) is 24.3 Å². The topological polar surface area (TPSA) is 80.3 Å². The number of carbonyl (C=O) groups excluding carboxylic acids is 2. The molecule has 0 saturated heterocycles. The lowest BCUT2D eigenvalue weighted by atomic mass is 10.0. The number of rotatable bonds is 23. The van der Waals surface area contributed by atoms with Gasteiger partial charge in [0.15, 0.2) is 28.8 Å². The van der Waals surface area contributed by atoms with Gasteiger partial charge in [0.25, 0.3) is 0 Å². The normalized spacial score (nSPS) is 10.8. The Balaban J connectivity index is 1.76. The second kappa shape index (κ2) is 20.6. The Morgan fingerprint density at radius 1 is 0.524 bits per heavy atom. The molecule has 0 atom stereocenters. The molecule has 0 bridgehead atoms. The van der Waals surface area contributed by atoms with Gasteiger partial charge in [-0.2, -0.15) is 0 Å². The predicted molar refractivity (Wildman–Crippen MR) is 168 cm³/mol. The highest BCUT2D eigenvalue weighted by Crippen LogP contribution is 2.39. The smallest absolute Gasteiger partial charge is 0.311 e. The molecule has 42 heavy (non-hydrogen) atoms. The van der Waals surface area contributed by atoms with Crippen LogP contribution in [0.3, 0.4) is 0 Å². The van der Waals surface area contributed by atoms with E-state index >= 15 is 0 Å². The van der Waals surface area contributed by atoms with Crippen LogP contribution >= 0.6 is 0 Å². The summed E-state index contributed by atoms with van der Waals surface area (Å²) in [5.74, 6) is 1.16. The number of ether oxygens (including phenoxy) is 5. The Labute approximate surface area is 253 Å². The van der Waals surface area contributed by atoms with Crippen LogP contribution in [0.15, 0.2) is 30.3 Å². The summed E-state index contributed by atoms with van der Waals surface area (Å²) < 4.78 is 27.1. The predicted octanol–water partition coefficient (Wildman–Crippen LogP) is 9.12. The summed E-state index contributed by atoms with van der Waals surface area (Å²) in [6.07, 6.45) is 19.4. The average molecular weight is 585 g/mol. The molecule has 0 heterocycles. The third-order valence-corrected chi connectivity index (χ3v) is 7.56. The number of esters is 1. The van der Waals surface area contributed by atoms with Crippen molar-refractivity contribution in [2.45, 2.75) is 110 Å². The Hall–Kier alpha value is -3.22. The first-order valence-corrected chi connectivity index (χ1v) is 15.7. The number of methoxy groups -OCH3 is 4. The third kappa shape index (κ3) is 11.9. The summed E-state index contributed by atoms with van der Waals surface area (Å²) in [7, 11) is 6.00. The van der Waals surface area contributed by atoms with Crippen LogP contribution in [0.5, 0.6) is 28.7 Å². The number of hydrogen-bond acceptors (Lipinski definition) is 7. The monoisotopic (exact) mass is 584 g/mol. The molecule has 0 N–H and O–H groups in total. The van der Waals surface area contributed by atoms with E-state index in [9.17, 15) is 9.59 Å². The van der Waals surface area contributed by atoms with Crippen molar-refractivity contribution < 1.29 is 33.3 Å². The second-order valence-electron chi connectivity index (χ2n) is 10.8. The van der Waals surface area contributed by atoms with Gasteiger partial charge in [-0.1, -0.05) is 96.8 Å². The lowest BCUT2D eigenvalue weighted by molar-refractivity contribution is -0.134. The molecule has 0 spiro atoms. The highest BCUT2D eigenvalue weighted by atomic mass is 16.6. The van der Waals surface area contributed by atoms with Crippen LogP contribution in [0.2, 0.25) is 0 Å². The fraction of sp³-hybridized carbons (Fsp3) is 0.600. The van der Waals surface area contributed by atoms with Crippen molar-refractivity contribution in [3.8, 4) is 28.7 Å². The standard InChI is InChI=1S/C35H52O7/c1-6-7-8-9-10-11-12-13-14-15-16-17-18-19-20-21-33(36)42-30-24-27(22-23-29(30)38-2)34(37)28-25-31(39-3)35(41-5)32(26-28)40-4/h22-26H,6-21H2,1-5H3. The summed E-state index contributed by atoms with van der Waals surface area (Å²) in [6, 6.07) is 7.98. The Kier molecular flexibility index (Phi) is 17.2. The molecule has 0 fully saturated rings. The van der Waals surface area contributed by atoms with E-state index in [1.807, 2.05) is 0 Å². The molecule has 2 aromatic carbocycles. The lowest BCUT2D eigenvalue weighted by Crippen LogP contribution is -2.10. The van der Waals surface area contributed by atoms with Gasteiger partial charge in [-0.15, -0.1) is 0 Å². The largest absolute Gasteiger partial charge is 0.493 e. The number of ketones is 1. The van der Waals surface area contributed by atoms with E-state index < -0.39 is 0 Å². The molecule has 0 aliphatic carbocycles. The van der Waals surface area contributed by atoms with Crippen molar-refractivity contribution in [2.24, 2.45) is 0 Å². The van der Waals surface area contributed by atoms with Crippen molar-refractivity contribution in [1.82, 2.24) is 0 Å². The molecule has 2 aromatic rings. The van der Waals surface area contributed by atoms with E-state index in [2.05, 4.69) is 6.92 Å².